The molecule has 0 radical (unpaired) electrons. The maximum Gasteiger partial charge on any atom is 0.245 e. The van der Waals surface area contributed by atoms with E-state index in [1.807, 2.05) is 42.5 Å². The Morgan fingerprint density at radius 2 is 0.970 bits per heavy atom. The summed E-state index contributed by atoms with van der Waals surface area (Å²) in [5, 5.41) is 37.1. The summed E-state index contributed by atoms with van der Waals surface area (Å²) >= 11 is 6.23. The largest absolute Gasteiger partial charge is 0.394 e. The number of nitrogens with zero attached hydrogens (tertiary/aromatic N) is 5. The fraction of sp³-hybridized carbons (Fsp3) is 0.435. The number of pyridine rings is 2. The third-order valence-electron chi connectivity index (χ3n) is 16.4. The van der Waals surface area contributed by atoms with Crippen molar-refractivity contribution in [3.05, 3.63) is 143 Å². The van der Waals surface area contributed by atoms with Crippen LogP contribution in [0.2, 0.25) is 5.02 Å². The minimum atomic E-state index is -1.81. The Morgan fingerprint density at radius 3 is 1.48 bits per heavy atom. The number of primary amides is 1. The Hall–Kier alpha value is -10.8. The smallest absolute Gasteiger partial charge is 0.245 e. The standard InChI is InChI=1S/C69H92ClN19O12/c1-39(2)30-51(60(94)83-50(17-10-28-79-69(74)75)67(101)89-29-11-18-57(89)66(100)80-40(3)58(71)92)84-63(97)54(34-44-12-7-25-76-36-44)85-59(93)49(16-9-27-78-68(72)73)82-65(99)56(38-90)88-64(98)55(35-45-13-8-26-77-37-45)87-62(96)53(32-42-20-23-48(70)24-21-42)86-61(95)52(81-41(4)91)33-43-19-22-46-14-5-6-15-47(46)31-43/h5-8,12-15,19-26,31,36-37,39-40,49-57,90H,9-11,16-18,27-30,32-35,38H2,1-4H3,(H2,71,92)(H,80,100)(H,81,91)(H,82,99)(H,83,94)(H,84,97)(H,85,93)(H,86,95)(H,87,96)(H,88,98)(H4,72,73,78)(H4,74,75,79)/t40-,49+,50+,51+,52-,53-,54-,55-,56+,57+/m1/s1. The first-order valence-corrected chi connectivity index (χ1v) is 33.6. The number of benzene rings is 3. The summed E-state index contributed by atoms with van der Waals surface area (Å²) < 4.78 is 0. The van der Waals surface area contributed by atoms with Gasteiger partial charge in [-0.15, -0.1) is 0 Å². The molecule has 101 heavy (non-hydrogen) atoms. The fourth-order valence-electron chi connectivity index (χ4n) is 11.3. The Bertz CT molecular complexity index is 3730. The van der Waals surface area contributed by atoms with Crippen LogP contribution in [-0.4, -0.2) is 184 Å². The highest BCUT2D eigenvalue weighted by Gasteiger charge is 2.40. The summed E-state index contributed by atoms with van der Waals surface area (Å²) in [5.74, 6) is -9.60. The van der Waals surface area contributed by atoms with Crippen LogP contribution in [0.1, 0.15) is 94.9 Å². The number of aliphatic hydroxyl groups is 1. The summed E-state index contributed by atoms with van der Waals surface area (Å²) in [5.41, 5.74) is 29.9. The molecule has 1 fully saturated rings. The number of carbonyl (C=O) groups excluding carboxylic acids is 11. The number of hydrogen-bond acceptors (Lipinski definition) is 16. The first-order chi connectivity index (χ1) is 48.2. The molecule has 1 aliphatic rings. The number of guanidine groups is 2. The number of fused-ring (bicyclic) bond motifs is 1. The van der Waals surface area contributed by atoms with Gasteiger partial charge in [-0.05, 0) is 115 Å². The summed E-state index contributed by atoms with van der Waals surface area (Å²) in [6.45, 7) is 5.35. The molecular formula is C69H92ClN19O12. The first-order valence-electron chi connectivity index (χ1n) is 33.2. The van der Waals surface area contributed by atoms with E-state index in [4.69, 9.17) is 40.3 Å². The first kappa shape index (κ1) is 79.2. The van der Waals surface area contributed by atoms with Crippen molar-refractivity contribution in [3.63, 3.8) is 0 Å². The van der Waals surface area contributed by atoms with Crippen LogP contribution in [0.5, 0.6) is 0 Å². The van der Waals surface area contributed by atoms with Gasteiger partial charge in [-0.25, -0.2) is 0 Å². The Labute approximate surface area is 589 Å². The highest BCUT2D eigenvalue weighted by Crippen LogP contribution is 2.22. The Morgan fingerprint density at radius 1 is 0.525 bits per heavy atom. The van der Waals surface area contributed by atoms with E-state index in [0.29, 0.717) is 33.7 Å². The Balaban J connectivity index is 1.25. The maximum absolute atomic E-state index is 14.8. The lowest BCUT2D eigenvalue weighted by molar-refractivity contribution is -0.142. The van der Waals surface area contributed by atoms with Gasteiger partial charge in [0.25, 0.3) is 0 Å². The van der Waals surface area contributed by atoms with Crippen LogP contribution in [0.4, 0.5) is 0 Å². The van der Waals surface area contributed by atoms with Crippen LogP contribution < -0.4 is 76.5 Å². The Kier molecular flexibility index (Phi) is 31.1. The predicted octanol–water partition coefficient (Wildman–Crippen LogP) is -1.42. The number of rotatable bonds is 38. The van der Waals surface area contributed by atoms with Crippen molar-refractivity contribution in [1.29, 1.82) is 0 Å². The van der Waals surface area contributed by atoms with E-state index in [1.165, 1.54) is 43.5 Å². The van der Waals surface area contributed by atoms with Gasteiger partial charge in [0.05, 0.1) is 6.61 Å². The van der Waals surface area contributed by atoms with Crippen molar-refractivity contribution in [2.24, 2.45) is 44.6 Å². The van der Waals surface area contributed by atoms with Gasteiger partial charge >= 0.3 is 0 Å². The molecule has 6 rings (SSSR count). The van der Waals surface area contributed by atoms with Crippen LogP contribution in [0.15, 0.2) is 126 Å². The number of aromatic nitrogens is 2. The van der Waals surface area contributed by atoms with E-state index in [2.05, 4.69) is 67.8 Å². The zero-order chi connectivity index (χ0) is 73.7. The molecule has 11 amide bonds. The summed E-state index contributed by atoms with van der Waals surface area (Å²) in [4.78, 5) is 173. The number of aliphatic hydroxyl groups excluding tert-OH is 1. The minimum Gasteiger partial charge on any atom is -0.394 e. The zero-order valence-corrected chi connectivity index (χ0v) is 57.6. The summed E-state index contributed by atoms with van der Waals surface area (Å²) in [6, 6.07) is 12.5. The fourth-order valence-corrected chi connectivity index (χ4v) is 11.4. The molecule has 0 spiro atoms. The molecule has 32 heteroatoms. The molecule has 542 valence electrons. The molecule has 3 aromatic carbocycles. The molecule has 0 bridgehead atoms. The number of carbonyl (C=O) groups is 11. The molecule has 1 saturated heterocycles. The topological polar surface area (TPSA) is 500 Å². The second-order valence-corrected chi connectivity index (χ2v) is 25.5. The van der Waals surface area contributed by atoms with Gasteiger partial charge in [-0.3, -0.25) is 72.7 Å². The van der Waals surface area contributed by atoms with Crippen molar-refractivity contribution in [1.82, 2.24) is 62.7 Å². The second kappa shape index (κ2) is 39.7. The molecule has 1 aliphatic heterocycles. The number of halogens is 1. The molecule has 3 heterocycles. The quantitative estimate of drug-likeness (QED) is 0.0122. The van der Waals surface area contributed by atoms with Gasteiger partial charge in [0.15, 0.2) is 11.9 Å². The van der Waals surface area contributed by atoms with Crippen molar-refractivity contribution >= 4 is 99.3 Å². The third kappa shape index (κ3) is 26.1. The number of hydrogen-bond donors (Lipinski definition) is 15. The minimum absolute atomic E-state index is 0.0124. The van der Waals surface area contributed by atoms with Gasteiger partial charge < -0.3 is 86.5 Å². The molecule has 2 aromatic heterocycles. The van der Waals surface area contributed by atoms with Crippen molar-refractivity contribution in [2.45, 2.75) is 159 Å². The number of likely N-dealkylation sites (tertiary alicyclic amines) is 1. The monoisotopic (exact) mass is 1410 g/mol. The van der Waals surface area contributed by atoms with Gasteiger partial charge in [-0.2, -0.15) is 0 Å². The maximum atomic E-state index is 14.8. The van der Waals surface area contributed by atoms with Crippen LogP contribution in [0.25, 0.3) is 10.8 Å². The third-order valence-corrected chi connectivity index (χ3v) is 16.7. The zero-order valence-electron chi connectivity index (χ0n) is 56.9. The average molecular weight is 1420 g/mol. The average Bonchev–Trinajstić information content (AvgIpc) is 1.81. The normalized spacial score (nSPS) is 15.2. The SMILES string of the molecule is CC(=O)N[C@H](Cc1ccc2ccccc2c1)C(=O)N[C@H](Cc1ccc(Cl)cc1)C(=O)N[C@H](Cc1cccnc1)C(=O)N[C@@H](CO)C(=O)N[C@@H](CCCN=C(N)N)C(=O)N[C@H](Cc1cccnc1)C(=O)N[C@@H](CC(C)C)C(=O)N[C@@H](CCCN=C(N)N)C(=O)N1CCC[C@H]1C(=O)N[C@H](C)C(N)=O. The van der Waals surface area contributed by atoms with Gasteiger partial charge in [-0.1, -0.05) is 92.2 Å². The molecule has 0 unspecified atom stereocenters. The predicted molar refractivity (Wildman–Crippen MR) is 378 cm³/mol. The highest BCUT2D eigenvalue weighted by atomic mass is 35.5. The van der Waals surface area contributed by atoms with Crippen molar-refractivity contribution < 1.29 is 57.8 Å². The van der Waals surface area contributed by atoms with E-state index < -0.39 is 132 Å². The van der Waals surface area contributed by atoms with Crippen LogP contribution >= 0.6 is 11.6 Å². The highest BCUT2D eigenvalue weighted by molar-refractivity contribution is 6.30. The molecule has 10 atom stereocenters. The van der Waals surface area contributed by atoms with Gasteiger partial charge in [0, 0.05) is 82.1 Å². The van der Waals surface area contributed by atoms with E-state index in [0.717, 1.165) is 10.8 Å². The van der Waals surface area contributed by atoms with E-state index in [-0.39, 0.29) is 102 Å². The summed E-state index contributed by atoms with van der Waals surface area (Å²) in [7, 11) is 0. The van der Waals surface area contributed by atoms with Crippen LogP contribution in [-0.2, 0) is 78.4 Å². The molecular weight excluding hydrogens is 1320 g/mol. The number of nitrogens with one attached hydrogen (secondary N) is 9. The molecule has 20 N–H and O–H groups in total. The van der Waals surface area contributed by atoms with Crippen molar-refractivity contribution in [2.75, 3.05) is 26.2 Å². The lowest BCUT2D eigenvalue weighted by Gasteiger charge is -2.31. The summed E-state index contributed by atoms with van der Waals surface area (Å²) in [6.07, 6.45) is 6.01. The number of amides is 11. The van der Waals surface area contributed by atoms with Gasteiger partial charge in [0.1, 0.15) is 60.4 Å². The van der Waals surface area contributed by atoms with Gasteiger partial charge in [0.2, 0.25) is 65.0 Å². The van der Waals surface area contributed by atoms with Crippen LogP contribution in [0, 0.1) is 5.92 Å². The lowest BCUT2D eigenvalue weighted by Crippen LogP contribution is -2.61. The number of aliphatic imine (C=N–C) groups is 2. The lowest BCUT2D eigenvalue weighted by atomic mass is 9.99. The molecule has 0 saturated carbocycles. The van der Waals surface area contributed by atoms with E-state index in [1.54, 1.807) is 62.4 Å². The molecule has 31 nitrogen and oxygen atoms in total. The number of nitrogens with two attached hydrogens (primary N) is 5. The second-order valence-electron chi connectivity index (χ2n) is 25.1. The van der Waals surface area contributed by atoms with Crippen molar-refractivity contribution in [3.8, 4) is 0 Å². The van der Waals surface area contributed by atoms with Crippen LogP contribution in [0.3, 0.4) is 0 Å². The molecule has 0 aliphatic carbocycles. The molecule has 5 aromatic rings. The van der Waals surface area contributed by atoms with E-state index in [9.17, 15) is 57.8 Å². The van der Waals surface area contributed by atoms with E-state index >= 15 is 0 Å².